The fraction of sp³-hybridized carbons (Fsp3) is 0.500. The topological polar surface area (TPSA) is 35.6 Å². The van der Waals surface area contributed by atoms with Crippen molar-refractivity contribution in [2.75, 3.05) is 33.2 Å². The van der Waals surface area contributed by atoms with E-state index < -0.39 is 0 Å². The van der Waals surface area contributed by atoms with Crippen LogP contribution in [0.3, 0.4) is 0 Å². The number of benzene rings is 1. The van der Waals surface area contributed by atoms with Gasteiger partial charge < -0.3 is 4.90 Å². The van der Waals surface area contributed by atoms with Crippen molar-refractivity contribution >= 4 is 5.91 Å². The summed E-state index contributed by atoms with van der Waals surface area (Å²) >= 11 is 0. The zero-order valence-corrected chi connectivity index (χ0v) is 11.1. The second kappa shape index (κ2) is 5.98. The molecule has 4 nitrogen and oxygen atoms in total. The minimum Gasteiger partial charge on any atom is -0.340 e. The Morgan fingerprint density at radius 1 is 1.28 bits per heavy atom. The first-order chi connectivity index (χ1) is 8.69. The minimum atomic E-state index is 0.233. The molecule has 1 aliphatic heterocycles. The number of nitrogens with one attached hydrogen (secondary N) is 1. The van der Waals surface area contributed by atoms with Gasteiger partial charge in [0.25, 0.3) is 0 Å². The minimum absolute atomic E-state index is 0.233. The summed E-state index contributed by atoms with van der Waals surface area (Å²) in [5.74, 6) is 0.233. The molecular formula is C14H21N3O. The predicted molar refractivity (Wildman–Crippen MR) is 72.1 cm³/mol. The lowest BCUT2D eigenvalue weighted by molar-refractivity contribution is -0.132. The van der Waals surface area contributed by atoms with E-state index >= 15 is 0 Å². The van der Waals surface area contributed by atoms with Crippen LogP contribution in [0.5, 0.6) is 0 Å². The van der Waals surface area contributed by atoms with Crippen LogP contribution in [-0.2, 0) is 11.2 Å². The number of nitrogens with zero attached hydrogens (tertiary/aromatic N) is 2. The second-order valence-electron chi connectivity index (χ2n) is 4.76. The van der Waals surface area contributed by atoms with Crippen molar-refractivity contribution < 1.29 is 4.79 Å². The van der Waals surface area contributed by atoms with Crippen LogP contribution in [0.4, 0.5) is 0 Å². The van der Waals surface area contributed by atoms with Crippen LogP contribution in [0.25, 0.3) is 0 Å². The molecule has 4 heteroatoms. The highest BCUT2D eigenvalue weighted by Gasteiger charge is 2.20. The lowest BCUT2D eigenvalue weighted by atomic mass is 10.1. The lowest BCUT2D eigenvalue weighted by Crippen LogP contribution is -2.52. The summed E-state index contributed by atoms with van der Waals surface area (Å²) in [6.07, 6.45) is 0.515. The zero-order chi connectivity index (χ0) is 13.0. The van der Waals surface area contributed by atoms with E-state index in [0.29, 0.717) is 6.42 Å². The molecule has 0 radical (unpaired) electrons. The molecule has 1 N–H and O–H groups in total. The Balaban J connectivity index is 1.89. The highest BCUT2D eigenvalue weighted by atomic mass is 16.2. The third-order valence-corrected chi connectivity index (χ3v) is 3.39. The standard InChI is InChI=1S/C14H21N3O/c1-12-4-3-5-13(10-12)11-14(18)16-6-8-17(15-2)9-7-16/h3-5,10,15H,6-9,11H2,1-2H3. The molecule has 0 unspecified atom stereocenters. The molecule has 1 saturated heterocycles. The molecule has 1 heterocycles. The van der Waals surface area contributed by atoms with Crippen LogP contribution in [0.1, 0.15) is 11.1 Å². The average molecular weight is 247 g/mol. The molecule has 98 valence electrons. The maximum atomic E-state index is 12.2. The van der Waals surface area contributed by atoms with E-state index in [1.54, 1.807) is 0 Å². The van der Waals surface area contributed by atoms with Crippen molar-refractivity contribution in [2.45, 2.75) is 13.3 Å². The summed E-state index contributed by atoms with van der Waals surface area (Å²) in [5.41, 5.74) is 5.43. The number of hydrogen-bond acceptors (Lipinski definition) is 3. The van der Waals surface area contributed by atoms with Crippen LogP contribution in [0, 0.1) is 6.92 Å². The van der Waals surface area contributed by atoms with Crippen LogP contribution >= 0.6 is 0 Å². The monoisotopic (exact) mass is 247 g/mol. The van der Waals surface area contributed by atoms with E-state index in [2.05, 4.69) is 29.5 Å². The van der Waals surface area contributed by atoms with Gasteiger partial charge in [-0.25, -0.2) is 5.01 Å². The molecule has 0 aromatic heterocycles. The molecule has 1 aliphatic rings. The molecule has 1 amide bonds. The maximum Gasteiger partial charge on any atom is 0.227 e. The Morgan fingerprint density at radius 3 is 2.61 bits per heavy atom. The van der Waals surface area contributed by atoms with Crippen molar-refractivity contribution in [1.82, 2.24) is 15.3 Å². The second-order valence-corrected chi connectivity index (χ2v) is 4.76. The van der Waals surface area contributed by atoms with Gasteiger partial charge in [0, 0.05) is 26.2 Å². The summed E-state index contributed by atoms with van der Waals surface area (Å²) in [6, 6.07) is 8.17. The quantitative estimate of drug-likeness (QED) is 0.859. The SMILES string of the molecule is CNN1CCN(C(=O)Cc2cccc(C)c2)CC1. The molecule has 0 atom stereocenters. The molecule has 1 aromatic rings. The molecule has 0 bridgehead atoms. The smallest absolute Gasteiger partial charge is 0.227 e. The van der Waals surface area contributed by atoms with E-state index in [9.17, 15) is 4.79 Å². The van der Waals surface area contributed by atoms with Gasteiger partial charge in [-0.15, -0.1) is 0 Å². The number of amides is 1. The van der Waals surface area contributed by atoms with Crippen molar-refractivity contribution in [3.63, 3.8) is 0 Å². The zero-order valence-electron chi connectivity index (χ0n) is 11.1. The fourth-order valence-electron chi connectivity index (χ4n) is 2.29. The number of carbonyl (C=O) groups is 1. The molecule has 1 fully saturated rings. The van der Waals surface area contributed by atoms with Crippen LogP contribution in [0.2, 0.25) is 0 Å². The lowest BCUT2D eigenvalue weighted by Gasteiger charge is -2.34. The van der Waals surface area contributed by atoms with E-state index in [0.717, 1.165) is 31.7 Å². The largest absolute Gasteiger partial charge is 0.340 e. The predicted octanol–water partition coefficient (Wildman–Crippen LogP) is 0.816. The highest BCUT2D eigenvalue weighted by molar-refractivity contribution is 5.78. The molecule has 1 aromatic carbocycles. The van der Waals surface area contributed by atoms with Gasteiger partial charge in [-0.2, -0.15) is 0 Å². The van der Waals surface area contributed by atoms with Gasteiger partial charge in [0.05, 0.1) is 6.42 Å². The third kappa shape index (κ3) is 3.31. The number of rotatable bonds is 3. The molecule has 0 spiro atoms. The number of hydrogen-bond donors (Lipinski definition) is 1. The van der Waals surface area contributed by atoms with Gasteiger partial charge >= 0.3 is 0 Å². The molecule has 0 aliphatic carbocycles. The molecular weight excluding hydrogens is 226 g/mol. The first-order valence-electron chi connectivity index (χ1n) is 6.44. The normalized spacial score (nSPS) is 16.9. The first-order valence-corrected chi connectivity index (χ1v) is 6.44. The fourth-order valence-corrected chi connectivity index (χ4v) is 2.29. The van der Waals surface area contributed by atoms with E-state index in [1.165, 1.54) is 5.56 Å². The van der Waals surface area contributed by atoms with E-state index in [1.807, 2.05) is 24.1 Å². The summed E-state index contributed by atoms with van der Waals surface area (Å²) in [4.78, 5) is 14.1. The van der Waals surface area contributed by atoms with Gasteiger partial charge in [0.15, 0.2) is 0 Å². The van der Waals surface area contributed by atoms with Crippen molar-refractivity contribution in [1.29, 1.82) is 0 Å². The molecule has 18 heavy (non-hydrogen) atoms. The summed E-state index contributed by atoms with van der Waals surface area (Å²) in [6.45, 7) is 5.47. The third-order valence-electron chi connectivity index (χ3n) is 3.39. The summed E-state index contributed by atoms with van der Waals surface area (Å²) < 4.78 is 0. The Morgan fingerprint density at radius 2 is 2.00 bits per heavy atom. The van der Waals surface area contributed by atoms with Crippen LogP contribution in [0.15, 0.2) is 24.3 Å². The average Bonchev–Trinajstić information content (AvgIpc) is 2.39. The number of carbonyl (C=O) groups excluding carboxylic acids is 1. The van der Waals surface area contributed by atoms with Gasteiger partial charge in [-0.3, -0.25) is 10.2 Å². The van der Waals surface area contributed by atoms with Crippen LogP contribution in [-0.4, -0.2) is 49.0 Å². The summed E-state index contributed by atoms with van der Waals surface area (Å²) in [7, 11) is 1.92. The molecule has 0 saturated carbocycles. The van der Waals surface area contributed by atoms with Gasteiger partial charge in [-0.1, -0.05) is 29.8 Å². The van der Waals surface area contributed by atoms with E-state index in [-0.39, 0.29) is 5.91 Å². The first kappa shape index (κ1) is 13.1. The highest BCUT2D eigenvalue weighted by Crippen LogP contribution is 2.08. The number of hydrazine groups is 1. The Hall–Kier alpha value is -1.39. The Bertz CT molecular complexity index is 411. The van der Waals surface area contributed by atoms with Crippen molar-refractivity contribution in [3.8, 4) is 0 Å². The van der Waals surface area contributed by atoms with Crippen molar-refractivity contribution in [2.24, 2.45) is 0 Å². The van der Waals surface area contributed by atoms with Crippen LogP contribution < -0.4 is 5.43 Å². The maximum absolute atomic E-state index is 12.2. The number of piperazine rings is 1. The van der Waals surface area contributed by atoms with Gasteiger partial charge in [0.1, 0.15) is 0 Å². The van der Waals surface area contributed by atoms with Gasteiger partial charge in [-0.05, 0) is 19.5 Å². The van der Waals surface area contributed by atoms with E-state index in [4.69, 9.17) is 0 Å². The number of aryl methyl sites for hydroxylation is 1. The Labute approximate surface area is 109 Å². The molecule has 2 rings (SSSR count). The Kier molecular flexibility index (Phi) is 4.33. The van der Waals surface area contributed by atoms with Crippen molar-refractivity contribution in [3.05, 3.63) is 35.4 Å². The summed E-state index contributed by atoms with van der Waals surface area (Å²) in [5, 5.41) is 2.14. The van der Waals surface area contributed by atoms with Gasteiger partial charge in [0.2, 0.25) is 5.91 Å².